The van der Waals surface area contributed by atoms with E-state index in [0.717, 1.165) is 50.9 Å². The van der Waals surface area contributed by atoms with Crippen LogP contribution in [0.2, 0.25) is 5.54 Å². The van der Waals surface area contributed by atoms with Crippen molar-refractivity contribution in [3.05, 3.63) is 0 Å². The van der Waals surface area contributed by atoms with E-state index in [1.807, 2.05) is 0 Å². The number of fused-ring (bicyclic) bond motifs is 2. The Labute approximate surface area is 144 Å². The Kier molecular flexibility index (Phi) is 8.59. The molecule has 2 bridgehead atoms. The van der Waals surface area contributed by atoms with Gasteiger partial charge in [-0.3, -0.25) is 0 Å². The van der Waals surface area contributed by atoms with Crippen molar-refractivity contribution in [2.45, 2.75) is 90.5 Å². The van der Waals surface area contributed by atoms with Crippen molar-refractivity contribution in [3.8, 4) is 0 Å². The lowest BCUT2D eigenvalue weighted by molar-refractivity contribution is 0.0403. The molecule has 3 atom stereocenters. The number of hydrogen-bond acceptors (Lipinski definition) is 3. The highest BCUT2D eigenvalue weighted by atomic mass is 28.4. The van der Waals surface area contributed by atoms with E-state index in [4.69, 9.17) is 13.3 Å². The van der Waals surface area contributed by atoms with E-state index in [9.17, 15) is 0 Å². The van der Waals surface area contributed by atoms with Gasteiger partial charge in [-0.1, -0.05) is 46.5 Å². The number of unbranched alkanes of at least 4 members (excludes halogenated alkanes) is 3. The Morgan fingerprint density at radius 2 is 1.26 bits per heavy atom. The topological polar surface area (TPSA) is 27.7 Å². The Bertz CT molecular complexity index is 297. The first-order chi connectivity index (χ1) is 11.3. The van der Waals surface area contributed by atoms with Crippen molar-refractivity contribution in [2.24, 2.45) is 11.8 Å². The van der Waals surface area contributed by atoms with Gasteiger partial charge in [0.2, 0.25) is 0 Å². The molecule has 2 saturated carbocycles. The lowest BCUT2D eigenvalue weighted by atomic mass is 10.0. The van der Waals surface area contributed by atoms with Crippen LogP contribution in [-0.2, 0) is 13.3 Å². The van der Waals surface area contributed by atoms with Crippen LogP contribution in [0.3, 0.4) is 0 Å². The van der Waals surface area contributed by atoms with Crippen molar-refractivity contribution >= 4 is 8.80 Å². The quantitative estimate of drug-likeness (QED) is 0.324. The van der Waals surface area contributed by atoms with Gasteiger partial charge in [0, 0.05) is 25.4 Å². The summed E-state index contributed by atoms with van der Waals surface area (Å²) in [5, 5.41) is 0. The van der Waals surface area contributed by atoms with Crippen LogP contribution < -0.4 is 0 Å². The summed E-state index contributed by atoms with van der Waals surface area (Å²) < 4.78 is 19.5. The molecule has 0 amide bonds. The molecule has 2 rings (SSSR count). The molecule has 0 aromatic rings. The molecule has 0 radical (unpaired) electrons. The van der Waals surface area contributed by atoms with Crippen LogP contribution in [0.25, 0.3) is 0 Å². The predicted molar refractivity (Wildman–Crippen MR) is 97.5 cm³/mol. The van der Waals surface area contributed by atoms with Crippen molar-refractivity contribution in [2.75, 3.05) is 19.8 Å². The lowest BCUT2D eigenvalue weighted by Crippen LogP contribution is -2.52. The standard InChI is InChI=1S/C19H38O3Si/c1-4-7-12-20-23(21-13-8-5-2,22-14-9-6-3)19-16-17-10-11-18(19)15-17/h17-19H,4-16H2,1-3H3. The summed E-state index contributed by atoms with van der Waals surface area (Å²) in [5.41, 5.74) is 0.576. The molecule has 0 heterocycles. The number of hydrogen-bond donors (Lipinski definition) is 0. The fourth-order valence-corrected chi connectivity index (χ4v) is 7.88. The number of rotatable bonds is 13. The van der Waals surface area contributed by atoms with Gasteiger partial charge in [0.25, 0.3) is 0 Å². The molecule has 0 aliphatic heterocycles. The van der Waals surface area contributed by atoms with Gasteiger partial charge in [0.15, 0.2) is 0 Å². The molecule has 2 fully saturated rings. The molecule has 3 unspecified atom stereocenters. The third kappa shape index (κ3) is 5.28. The first-order valence-corrected chi connectivity index (χ1v) is 12.0. The maximum absolute atomic E-state index is 6.49. The summed E-state index contributed by atoms with van der Waals surface area (Å²) in [4.78, 5) is 0. The van der Waals surface area contributed by atoms with Crippen molar-refractivity contribution in [1.82, 2.24) is 0 Å². The summed E-state index contributed by atoms with van der Waals surface area (Å²) in [5.74, 6) is 1.72. The zero-order valence-corrected chi connectivity index (χ0v) is 16.6. The van der Waals surface area contributed by atoms with Gasteiger partial charge in [-0.15, -0.1) is 0 Å². The van der Waals surface area contributed by atoms with E-state index in [-0.39, 0.29) is 0 Å². The Hall–Kier alpha value is 0.0969. The van der Waals surface area contributed by atoms with E-state index >= 15 is 0 Å². The summed E-state index contributed by atoms with van der Waals surface area (Å²) >= 11 is 0. The Balaban J connectivity index is 2.05. The van der Waals surface area contributed by atoms with E-state index < -0.39 is 8.80 Å². The van der Waals surface area contributed by atoms with E-state index in [1.54, 1.807) is 0 Å². The largest absolute Gasteiger partial charge is 0.504 e. The molecule has 3 nitrogen and oxygen atoms in total. The Morgan fingerprint density at radius 3 is 1.61 bits per heavy atom. The third-order valence-electron chi connectivity index (χ3n) is 5.60. The molecule has 2 aliphatic rings. The highest BCUT2D eigenvalue weighted by Gasteiger charge is 2.58. The van der Waals surface area contributed by atoms with E-state index in [2.05, 4.69) is 20.8 Å². The minimum absolute atomic E-state index is 0.576. The SMILES string of the molecule is CCCCO[Si](OCCCC)(OCCCC)C1CC2CCC1C2. The monoisotopic (exact) mass is 342 g/mol. The van der Waals surface area contributed by atoms with Gasteiger partial charge in [-0.05, 0) is 50.4 Å². The van der Waals surface area contributed by atoms with E-state index in [0.29, 0.717) is 5.54 Å². The van der Waals surface area contributed by atoms with Gasteiger partial charge >= 0.3 is 8.80 Å². The van der Waals surface area contributed by atoms with Gasteiger partial charge in [0.1, 0.15) is 0 Å². The van der Waals surface area contributed by atoms with Gasteiger partial charge in [0.05, 0.1) is 0 Å². The average molecular weight is 343 g/mol. The highest BCUT2D eigenvalue weighted by molar-refractivity contribution is 6.62. The van der Waals surface area contributed by atoms with Crippen LogP contribution in [0.15, 0.2) is 0 Å². The second-order valence-electron chi connectivity index (χ2n) is 7.49. The maximum Gasteiger partial charge on any atom is 0.504 e. The Morgan fingerprint density at radius 1 is 0.739 bits per heavy atom. The molecular weight excluding hydrogens is 304 g/mol. The van der Waals surface area contributed by atoms with E-state index in [1.165, 1.54) is 44.9 Å². The fraction of sp³-hybridized carbons (Fsp3) is 1.00. The molecule has 4 heteroatoms. The van der Waals surface area contributed by atoms with Crippen LogP contribution in [0.5, 0.6) is 0 Å². The van der Waals surface area contributed by atoms with Crippen LogP contribution >= 0.6 is 0 Å². The second-order valence-corrected chi connectivity index (χ2v) is 10.3. The normalized spacial score (nSPS) is 27.0. The molecule has 23 heavy (non-hydrogen) atoms. The molecule has 136 valence electrons. The fourth-order valence-electron chi connectivity index (χ4n) is 4.20. The summed E-state index contributed by atoms with van der Waals surface area (Å²) in [7, 11) is -2.53. The maximum atomic E-state index is 6.49. The molecule has 0 N–H and O–H groups in total. The van der Waals surface area contributed by atoms with Gasteiger partial charge < -0.3 is 13.3 Å². The predicted octanol–water partition coefficient (Wildman–Crippen LogP) is 5.57. The summed E-state index contributed by atoms with van der Waals surface area (Å²) in [6, 6.07) is 0. The van der Waals surface area contributed by atoms with Crippen molar-refractivity contribution < 1.29 is 13.3 Å². The molecule has 0 aromatic carbocycles. The first kappa shape index (κ1) is 19.4. The minimum Gasteiger partial charge on any atom is -0.373 e. The van der Waals surface area contributed by atoms with Crippen LogP contribution in [0, 0.1) is 11.8 Å². The zero-order valence-electron chi connectivity index (χ0n) is 15.6. The first-order valence-electron chi connectivity index (χ1n) is 10.2. The minimum atomic E-state index is -2.53. The summed E-state index contributed by atoms with van der Waals surface area (Å²) in [6.07, 6.45) is 12.3. The molecule has 0 aromatic heterocycles. The zero-order chi connectivity index (χ0) is 16.5. The lowest BCUT2D eigenvalue weighted by Gasteiger charge is -2.38. The molecule has 0 spiro atoms. The van der Waals surface area contributed by atoms with Gasteiger partial charge in [-0.25, -0.2) is 0 Å². The average Bonchev–Trinajstić information content (AvgIpc) is 3.18. The summed E-state index contributed by atoms with van der Waals surface area (Å²) in [6.45, 7) is 9.11. The van der Waals surface area contributed by atoms with Crippen LogP contribution in [0.1, 0.15) is 85.0 Å². The molecular formula is C19H38O3Si. The molecule has 2 aliphatic carbocycles. The second kappa shape index (κ2) is 10.2. The highest BCUT2D eigenvalue weighted by Crippen LogP contribution is 2.56. The molecule has 0 saturated heterocycles. The van der Waals surface area contributed by atoms with Gasteiger partial charge in [-0.2, -0.15) is 0 Å². The van der Waals surface area contributed by atoms with Crippen molar-refractivity contribution in [3.63, 3.8) is 0 Å². The van der Waals surface area contributed by atoms with Crippen molar-refractivity contribution in [1.29, 1.82) is 0 Å². The van der Waals surface area contributed by atoms with Crippen LogP contribution in [0.4, 0.5) is 0 Å². The third-order valence-corrected chi connectivity index (χ3v) is 9.03. The van der Waals surface area contributed by atoms with Crippen LogP contribution in [-0.4, -0.2) is 28.6 Å². The smallest absolute Gasteiger partial charge is 0.373 e.